The number of thiazole rings is 1. The zero-order chi connectivity index (χ0) is 16.4. The first-order chi connectivity index (χ1) is 11.0. The van der Waals surface area contributed by atoms with Gasteiger partial charge in [-0.25, -0.2) is 9.97 Å². The minimum atomic E-state index is -0.189. The molecule has 4 nitrogen and oxygen atoms in total. The third-order valence-corrected chi connectivity index (χ3v) is 6.08. The van der Waals surface area contributed by atoms with Crippen LogP contribution in [0.2, 0.25) is 10.0 Å². The van der Waals surface area contributed by atoms with Crippen LogP contribution in [0.25, 0.3) is 10.2 Å². The van der Waals surface area contributed by atoms with Crippen molar-refractivity contribution in [2.45, 2.75) is 11.3 Å². The number of hydrogen-bond donors (Lipinski definition) is 1. The number of benzene rings is 1. The number of fused-ring (bicyclic) bond motifs is 1. The van der Waals surface area contributed by atoms with Crippen LogP contribution in [0.15, 0.2) is 34.8 Å². The summed E-state index contributed by atoms with van der Waals surface area (Å²) in [5, 5.41) is 3.52. The Morgan fingerprint density at radius 1 is 1.35 bits per heavy atom. The Kier molecular flexibility index (Phi) is 5.06. The summed E-state index contributed by atoms with van der Waals surface area (Å²) in [4.78, 5) is 20.6. The molecule has 0 aliphatic carbocycles. The van der Waals surface area contributed by atoms with Gasteiger partial charge in [0.1, 0.15) is 0 Å². The van der Waals surface area contributed by atoms with Crippen molar-refractivity contribution in [1.29, 1.82) is 0 Å². The van der Waals surface area contributed by atoms with Gasteiger partial charge in [-0.3, -0.25) is 4.79 Å². The zero-order valence-corrected chi connectivity index (χ0v) is 15.1. The Labute approximate surface area is 151 Å². The summed E-state index contributed by atoms with van der Waals surface area (Å²) >= 11 is 15.0. The van der Waals surface area contributed by atoms with Crippen LogP contribution in [-0.4, -0.2) is 21.6 Å². The largest absolute Gasteiger partial charge is 0.309 e. The average Bonchev–Trinajstić information content (AvgIpc) is 2.96. The van der Waals surface area contributed by atoms with E-state index in [0.717, 1.165) is 14.6 Å². The summed E-state index contributed by atoms with van der Waals surface area (Å²) < 4.78 is 1.96. The van der Waals surface area contributed by atoms with Gasteiger partial charge >= 0.3 is 0 Å². The van der Waals surface area contributed by atoms with E-state index in [1.807, 2.05) is 24.3 Å². The van der Waals surface area contributed by atoms with E-state index in [2.05, 4.69) is 15.3 Å². The lowest BCUT2D eigenvalue weighted by Crippen LogP contribution is -2.15. The Morgan fingerprint density at radius 2 is 2.13 bits per heavy atom. The average molecular weight is 384 g/mol. The number of pyridine rings is 1. The summed E-state index contributed by atoms with van der Waals surface area (Å²) in [7, 11) is 0. The minimum Gasteiger partial charge on any atom is -0.309 e. The zero-order valence-electron chi connectivity index (χ0n) is 12.0. The van der Waals surface area contributed by atoms with Crippen molar-refractivity contribution in [3.63, 3.8) is 0 Å². The maximum absolute atomic E-state index is 12.1. The van der Waals surface area contributed by atoms with E-state index < -0.39 is 0 Å². The number of carbonyl (C=O) groups is 1. The van der Waals surface area contributed by atoms with Crippen molar-refractivity contribution >= 4 is 68.2 Å². The van der Waals surface area contributed by atoms with Crippen LogP contribution in [0, 0.1) is 6.92 Å². The van der Waals surface area contributed by atoms with E-state index in [4.69, 9.17) is 23.2 Å². The van der Waals surface area contributed by atoms with Crippen LogP contribution < -0.4 is 5.32 Å². The third kappa shape index (κ3) is 3.77. The molecule has 3 rings (SSSR count). The Bertz CT molecular complexity index is 849. The van der Waals surface area contributed by atoms with Crippen molar-refractivity contribution < 1.29 is 4.79 Å². The first-order valence-corrected chi connectivity index (χ1v) is 9.19. The lowest BCUT2D eigenvalue weighted by Gasteiger charge is -2.08. The highest BCUT2D eigenvalue weighted by Crippen LogP contribution is 2.30. The first kappa shape index (κ1) is 16.5. The topological polar surface area (TPSA) is 54.9 Å². The van der Waals surface area contributed by atoms with E-state index in [9.17, 15) is 4.79 Å². The third-order valence-electron chi connectivity index (χ3n) is 3.06. The molecule has 0 saturated carbocycles. The summed E-state index contributed by atoms with van der Waals surface area (Å²) in [6.45, 7) is 1.78. The number of halogens is 2. The van der Waals surface area contributed by atoms with E-state index in [-0.39, 0.29) is 11.7 Å². The van der Waals surface area contributed by atoms with Crippen LogP contribution in [0.4, 0.5) is 5.82 Å². The molecule has 0 unspecified atom stereocenters. The normalized spacial score (nSPS) is 10.9. The molecule has 23 heavy (non-hydrogen) atoms. The number of carbonyl (C=O) groups excluding carboxylic acids is 1. The maximum Gasteiger partial charge on any atom is 0.236 e. The van der Waals surface area contributed by atoms with Crippen molar-refractivity contribution in [2.75, 3.05) is 11.1 Å². The molecule has 0 aliphatic heterocycles. The summed E-state index contributed by atoms with van der Waals surface area (Å²) in [6, 6.07) is 7.88. The summed E-state index contributed by atoms with van der Waals surface area (Å²) in [5.41, 5.74) is 1.64. The van der Waals surface area contributed by atoms with Crippen molar-refractivity contribution in [3.05, 3.63) is 46.1 Å². The molecule has 0 aliphatic rings. The highest BCUT2D eigenvalue weighted by Gasteiger charge is 2.13. The van der Waals surface area contributed by atoms with Crippen molar-refractivity contribution in [1.82, 2.24) is 9.97 Å². The van der Waals surface area contributed by atoms with Crippen molar-refractivity contribution in [3.8, 4) is 0 Å². The lowest BCUT2D eigenvalue weighted by atomic mass is 10.3. The predicted molar refractivity (Wildman–Crippen MR) is 98.0 cm³/mol. The van der Waals surface area contributed by atoms with Gasteiger partial charge in [0.15, 0.2) is 10.2 Å². The molecule has 0 atom stereocenters. The second-order valence-corrected chi connectivity index (χ2v) is 7.72. The number of rotatable bonds is 4. The Morgan fingerprint density at radius 3 is 2.91 bits per heavy atom. The maximum atomic E-state index is 12.1. The standard InChI is InChI=1S/C15H11Cl2N3OS2/c1-8-9(16)6-18-14(13(8)17)20-12(21)7-22-15-19-10-4-2-3-5-11(10)23-15/h2-6H,7H2,1H3,(H,18,20,21). The number of nitrogens with one attached hydrogen (secondary N) is 1. The van der Waals surface area contributed by atoms with E-state index in [1.165, 1.54) is 18.0 Å². The number of hydrogen-bond acceptors (Lipinski definition) is 5. The van der Waals surface area contributed by atoms with Crippen LogP contribution in [0.5, 0.6) is 0 Å². The van der Waals surface area contributed by atoms with Gasteiger partial charge < -0.3 is 5.32 Å². The molecular formula is C15H11Cl2N3OS2. The molecule has 1 aromatic carbocycles. The Hall–Kier alpha value is -1.34. The molecule has 8 heteroatoms. The molecule has 118 valence electrons. The lowest BCUT2D eigenvalue weighted by molar-refractivity contribution is -0.113. The molecule has 2 aromatic heterocycles. The summed E-state index contributed by atoms with van der Waals surface area (Å²) in [6.07, 6.45) is 1.47. The molecule has 0 fully saturated rings. The molecule has 2 heterocycles. The molecule has 3 aromatic rings. The SMILES string of the molecule is Cc1c(Cl)cnc(NC(=O)CSc2nc3ccccc3s2)c1Cl. The fraction of sp³-hybridized carbons (Fsp3) is 0.133. The van der Waals surface area contributed by atoms with E-state index in [1.54, 1.807) is 18.3 Å². The number of nitrogens with zero attached hydrogens (tertiary/aromatic N) is 2. The van der Waals surface area contributed by atoms with E-state index in [0.29, 0.717) is 21.4 Å². The molecule has 0 spiro atoms. The number of thioether (sulfide) groups is 1. The first-order valence-electron chi connectivity index (χ1n) is 6.63. The Balaban J connectivity index is 1.64. The molecule has 1 N–H and O–H groups in total. The molecular weight excluding hydrogens is 373 g/mol. The van der Waals surface area contributed by atoms with Gasteiger partial charge in [0.25, 0.3) is 0 Å². The second-order valence-electron chi connectivity index (χ2n) is 4.68. The van der Waals surface area contributed by atoms with Gasteiger partial charge in [-0.1, -0.05) is 47.1 Å². The number of anilines is 1. The van der Waals surface area contributed by atoms with Gasteiger partial charge in [-0.2, -0.15) is 0 Å². The summed E-state index contributed by atoms with van der Waals surface area (Å²) in [5.74, 6) is 0.369. The highest BCUT2D eigenvalue weighted by atomic mass is 35.5. The number of para-hydroxylation sites is 1. The molecule has 1 amide bonds. The molecule has 0 radical (unpaired) electrons. The van der Waals surface area contributed by atoms with Gasteiger partial charge in [0.05, 0.1) is 26.0 Å². The van der Waals surface area contributed by atoms with Gasteiger partial charge in [-0.15, -0.1) is 11.3 Å². The number of amides is 1. The monoisotopic (exact) mass is 383 g/mol. The fourth-order valence-electron chi connectivity index (χ4n) is 1.85. The van der Waals surface area contributed by atoms with Crippen LogP contribution in [0.3, 0.4) is 0 Å². The van der Waals surface area contributed by atoms with Crippen LogP contribution >= 0.6 is 46.3 Å². The van der Waals surface area contributed by atoms with E-state index >= 15 is 0 Å². The fourth-order valence-corrected chi connectivity index (χ4v) is 4.11. The highest BCUT2D eigenvalue weighted by molar-refractivity contribution is 8.01. The predicted octanol–water partition coefficient (Wildman–Crippen LogP) is 5.04. The van der Waals surface area contributed by atoms with Gasteiger partial charge in [0.2, 0.25) is 5.91 Å². The smallest absolute Gasteiger partial charge is 0.236 e. The number of aromatic nitrogens is 2. The van der Waals surface area contributed by atoms with Gasteiger partial charge in [0, 0.05) is 6.20 Å². The van der Waals surface area contributed by atoms with Crippen LogP contribution in [0.1, 0.15) is 5.56 Å². The molecule has 0 saturated heterocycles. The minimum absolute atomic E-state index is 0.189. The quantitative estimate of drug-likeness (QED) is 0.641. The van der Waals surface area contributed by atoms with Crippen molar-refractivity contribution in [2.24, 2.45) is 0 Å². The van der Waals surface area contributed by atoms with Gasteiger partial charge in [-0.05, 0) is 24.6 Å². The second kappa shape index (κ2) is 7.05. The van der Waals surface area contributed by atoms with Crippen LogP contribution in [-0.2, 0) is 4.79 Å². The molecule has 0 bridgehead atoms.